The van der Waals surface area contributed by atoms with E-state index < -0.39 is 17.2 Å². The summed E-state index contributed by atoms with van der Waals surface area (Å²) in [5.74, 6) is 0.313. The van der Waals surface area contributed by atoms with E-state index in [1.54, 1.807) is 24.3 Å². The lowest BCUT2D eigenvalue weighted by Gasteiger charge is -2.26. The monoisotopic (exact) mass is 483 g/mol. The molecule has 34 heavy (non-hydrogen) atoms. The molecule has 0 fully saturated rings. The van der Waals surface area contributed by atoms with E-state index in [1.165, 1.54) is 9.25 Å². The number of aryl methyl sites for hydroxylation is 1. The molecule has 7 heteroatoms. The maximum Gasteiger partial charge on any atom is 0.346 e. The summed E-state index contributed by atoms with van der Waals surface area (Å²) in [6.45, 7) is 11.7. The highest BCUT2D eigenvalue weighted by Gasteiger charge is 2.28. The standard InChI is InChI=1S/C27H34ClN3O3/c1-18-8-7-9-20(14-18)27(5,6)15-22(32)16-31-25(34)30(17-23(33)26(2,3)4)24(29-31)19-10-12-21(28)13-11-19/h7-14,23,33H,15-17H2,1-6H3. The van der Waals surface area contributed by atoms with Crippen molar-refractivity contribution in [3.8, 4) is 11.4 Å². The van der Waals surface area contributed by atoms with E-state index in [-0.39, 0.29) is 30.7 Å². The lowest BCUT2D eigenvalue weighted by atomic mass is 9.79. The van der Waals surface area contributed by atoms with Gasteiger partial charge in [-0.1, -0.05) is 76.0 Å². The Morgan fingerprint density at radius 1 is 1.09 bits per heavy atom. The van der Waals surface area contributed by atoms with Crippen molar-refractivity contribution in [3.05, 3.63) is 75.2 Å². The second-order valence-electron chi connectivity index (χ2n) is 10.7. The molecule has 0 aliphatic carbocycles. The molecule has 0 bridgehead atoms. The fourth-order valence-corrected chi connectivity index (χ4v) is 3.98. The summed E-state index contributed by atoms with van der Waals surface area (Å²) >= 11 is 6.03. The molecule has 0 aliphatic rings. The number of rotatable bonds is 8. The van der Waals surface area contributed by atoms with E-state index in [2.05, 4.69) is 11.2 Å². The highest BCUT2D eigenvalue weighted by molar-refractivity contribution is 6.30. The highest BCUT2D eigenvalue weighted by atomic mass is 35.5. The van der Waals surface area contributed by atoms with E-state index in [0.717, 1.165) is 11.1 Å². The molecular formula is C27H34ClN3O3. The van der Waals surface area contributed by atoms with Crippen LogP contribution in [0.15, 0.2) is 53.3 Å². The molecule has 0 saturated carbocycles. The molecule has 182 valence electrons. The van der Waals surface area contributed by atoms with Crippen molar-refractivity contribution in [2.24, 2.45) is 5.41 Å². The second-order valence-corrected chi connectivity index (χ2v) is 11.2. The number of benzene rings is 2. The summed E-state index contributed by atoms with van der Waals surface area (Å²) in [6.07, 6.45) is -0.499. The summed E-state index contributed by atoms with van der Waals surface area (Å²) in [5, 5.41) is 15.8. The minimum atomic E-state index is -0.773. The molecule has 1 aromatic heterocycles. The summed E-state index contributed by atoms with van der Waals surface area (Å²) in [5.41, 5.74) is 1.68. The van der Waals surface area contributed by atoms with Crippen molar-refractivity contribution >= 4 is 17.4 Å². The van der Waals surface area contributed by atoms with Crippen LogP contribution in [-0.2, 0) is 23.3 Å². The number of hydrogen-bond donors (Lipinski definition) is 1. The minimum absolute atomic E-state index is 0.0727. The van der Waals surface area contributed by atoms with Gasteiger partial charge in [0.1, 0.15) is 6.54 Å². The van der Waals surface area contributed by atoms with Gasteiger partial charge in [-0.3, -0.25) is 9.36 Å². The molecule has 0 radical (unpaired) electrons. The van der Waals surface area contributed by atoms with Crippen molar-refractivity contribution < 1.29 is 9.90 Å². The van der Waals surface area contributed by atoms with Crippen LogP contribution in [0.1, 0.15) is 52.2 Å². The normalized spacial score (nSPS) is 13.2. The minimum Gasteiger partial charge on any atom is -0.391 e. The Morgan fingerprint density at radius 2 is 1.74 bits per heavy atom. The molecule has 0 aliphatic heterocycles. The van der Waals surface area contributed by atoms with Crippen LogP contribution in [0.3, 0.4) is 0 Å². The van der Waals surface area contributed by atoms with E-state index in [0.29, 0.717) is 16.4 Å². The van der Waals surface area contributed by atoms with Gasteiger partial charge in [0.05, 0.1) is 12.6 Å². The number of nitrogens with zero attached hydrogens (tertiary/aromatic N) is 3. The molecule has 1 heterocycles. The third-order valence-electron chi connectivity index (χ3n) is 6.15. The van der Waals surface area contributed by atoms with Gasteiger partial charge in [-0.05, 0) is 47.6 Å². The fourth-order valence-electron chi connectivity index (χ4n) is 3.85. The van der Waals surface area contributed by atoms with Crippen molar-refractivity contribution in [1.82, 2.24) is 14.3 Å². The van der Waals surface area contributed by atoms with Crippen LogP contribution in [0.2, 0.25) is 5.02 Å². The van der Waals surface area contributed by atoms with Crippen molar-refractivity contribution in [1.29, 1.82) is 0 Å². The third kappa shape index (κ3) is 6.05. The quantitative estimate of drug-likeness (QED) is 0.488. The van der Waals surface area contributed by atoms with Crippen LogP contribution in [0.4, 0.5) is 0 Å². The molecule has 3 rings (SSSR count). The smallest absolute Gasteiger partial charge is 0.346 e. The molecule has 1 unspecified atom stereocenters. The molecule has 2 aromatic carbocycles. The van der Waals surface area contributed by atoms with E-state index in [1.807, 2.05) is 59.7 Å². The van der Waals surface area contributed by atoms with Crippen LogP contribution in [0, 0.1) is 12.3 Å². The average molecular weight is 484 g/mol. The van der Waals surface area contributed by atoms with Gasteiger partial charge in [-0.25, -0.2) is 9.48 Å². The Morgan fingerprint density at radius 3 is 2.32 bits per heavy atom. The van der Waals surface area contributed by atoms with Crippen LogP contribution in [0.5, 0.6) is 0 Å². The number of ketones is 1. The van der Waals surface area contributed by atoms with Crippen LogP contribution < -0.4 is 5.69 Å². The number of aliphatic hydroxyl groups excluding tert-OH is 1. The Labute approximate surface area is 206 Å². The second kappa shape index (κ2) is 9.88. The zero-order valence-electron chi connectivity index (χ0n) is 20.8. The molecule has 6 nitrogen and oxygen atoms in total. The lowest BCUT2D eigenvalue weighted by Crippen LogP contribution is -2.36. The Balaban J connectivity index is 1.92. The van der Waals surface area contributed by atoms with Gasteiger partial charge in [0.15, 0.2) is 11.6 Å². The van der Waals surface area contributed by atoms with Gasteiger partial charge in [-0.15, -0.1) is 5.10 Å². The van der Waals surface area contributed by atoms with Gasteiger partial charge in [0.25, 0.3) is 0 Å². The highest BCUT2D eigenvalue weighted by Crippen LogP contribution is 2.28. The summed E-state index contributed by atoms with van der Waals surface area (Å²) in [4.78, 5) is 26.3. The van der Waals surface area contributed by atoms with Crippen LogP contribution in [0.25, 0.3) is 11.4 Å². The van der Waals surface area contributed by atoms with Gasteiger partial charge in [0, 0.05) is 17.0 Å². The largest absolute Gasteiger partial charge is 0.391 e. The SMILES string of the molecule is Cc1cccc(C(C)(C)CC(=O)Cn2nc(-c3ccc(Cl)cc3)n(CC(O)C(C)(C)C)c2=O)c1. The predicted molar refractivity (Wildman–Crippen MR) is 136 cm³/mol. The van der Waals surface area contributed by atoms with Crippen LogP contribution in [-0.4, -0.2) is 31.3 Å². The first kappa shape index (κ1) is 25.9. The molecule has 1 atom stereocenters. The number of hydrogen-bond acceptors (Lipinski definition) is 4. The van der Waals surface area contributed by atoms with E-state index in [4.69, 9.17) is 11.6 Å². The van der Waals surface area contributed by atoms with Gasteiger partial charge >= 0.3 is 5.69 Å². The molecule has 1 N–H and O–H groups in total. The fraction of sp³-hybridized carbons (Fsp3) is 0.444. The van der Waals surface area contributed by atoms with Crippen molar-refractivity contribution in [3.63, 3.8) is 0 Å². The molecule has 0 amide bonds. The number of halogens is 1. The number of carbonyl (C=O) groups is 1. The third-order valence-corrected chi connectivity index (χ3v) is 6.40. The van der Waals surface area contributed by atoms with Gasteiger partial charge in [0.2, 0.25) is 0 Å². The number of carbonyl (C=O) groups excluding carboxylic acids is 1. The van der Waals surface area contributed by atoms with Gasteiger partial charge < -0.3 is 5.11 Å². The average Bonchev–Trinajstić information content (AvgIpc) is 3.03. The number of aromatic nitrogens is 3. The topological polar surface area (TPSA) is 77.1 Å². The Hall–Kier alpha value is -2.70. The number of Topliss-reactive ketones (excluding diaryl/α,β-unsaturated/α-hetero) is 1. The first-order chi connectivity index (χ1) is 15.8. The van der Waals surface area contributed by atoms with Crippen LogP contribution >= 0.6 is 11.6 Å². The molecule has 3 aromatic rings. The number of aliphatic hydroxyl groups is 1. The van der Waals surface area contributed by atoms with Crippen molar-refractivity contribution in [2.45, 2.75) is 72.6 Å². The summed E-state index contributed by atoms with van der Waals surface area (Å²) < 4.78 is 2.64. The Bertz CT molecular complexity index is 1220. The summed E-state index contributed by atoms with van der Waals surface area (Å²) in [6, 6.07) is 15.1. The maximum absolute atomic E-state index is 13.3. The molecular weight excluding hydrogens is 450 g/mol. The Kier molecular flexibility index (Phi) is 7.53. The first-order valence-corrected chi connectivity index (χ1v) is 11.9. The first-order valence-electron chi connectivity index (χ1n) is 11.5. The lowest BCUT2D eigenvalue weighted by molar-refractivity contribution is -0.120. The zero-order valence-corrected chi connectivity index (χ0v) is 21.6. The molecule has 0 saturated heterocycles. The zero-order chi connectivity index (χ0) is 25.3. The van der Waals surface area contributed by atoms with Gasteiger partial charge in [-0.2, -0.15) is 0 Å². The predicted octanol–water partition coefficient (Wildman–Crippen LogP) is 5.02. The maximum atomic E-state index is 13.3. The van der Waals surface area contributed by atoms with E-state index in [9.17, 15) is 14.7 Å². The van der Waals surface area contributed by atoms with E-state index >= 15 is 0 Å². The summed E-state index contributed by atoms with van der Waals surface area (Å²) in [7, 11) is 0. The van der Waals surface area contributed by atoms with Crippen molar-refractivity contribution in [2.75, 3.05) is 0 Å². The molecule has 0 spiro atoms.